The van der Waals surface area contributed by atoms with Crippen molar-refractivity contribution >= 4 is 0 Å². The van der Waals surface area contributed by atoms with E-state index in [1.807, 2.05) is 18.2 Å². The Morgan fingerprint density at radius 1 is 1.33 bits per heavy atom. The van der Waals surface area contributed by atoms with Crippen molar-refractivity contribution in [2.24, 2.45) is 0 Å². The van der Waals surface area contributed by atoms with Crippen LogP contribution in [-0.2, 0) is 6.54 Å². The molecule has 0 aliphatic rings. The van der Waals surface area contributed by atoms with Crippen LogP contribution in [0.2, 0.25) is 0 Å². The summed E-state index contributed by atoms with van der Waals surface area (Å²) >= 11 is 0. The van der Waals surface area contributed by atoms with Gasteiger partial charge < -0.3 is 14.8 Å². The molecule has 1 unspecified atom stereocenters. The molecule has 1 aromatic rings. The van der Waals surface area contributed by atoms with Gasteiger partial charge in [0.1, 0.15) is 17.6 Å². The number of methoxy groups -OCH3 is 1. The minimum absolute atomic E-state index is 0.397. The molecule has 0 aliphatic heterocycles. The van der Waals surface area contributed by atoms with Crippen LogP contribution >= 0.6 is 0 Å². The van der Waals surface area contributed by atoms with Crippen molar-refractivity contribution in [3.05, 3.63) is 23.8 Å². The molecule has 1 rings (SSSR count). The maximum atomic E-state index is 8.81. The molecule has 4 nitrogen and oxygen atoms in total. The number of benzene rings is 1. The molecule has 1 aromatic carbocycles. The third kappa shape index (κ3) is 4.27. The van der Waals surface area contributed by atoms with Crippen LogP contribution < -0.4 is 14.8 Å². The van der Waals surface area contributed by atoms with E-state index in [9.17, 15) is 0 Å². The summed E-state index contributed by atoms with van der Waals surface area (Å²) in [5.41, 5.74) is 1.02. The number of rotatable bonds is 6. The topological polar surface area (TPSA) is 54.3 Å². The Morgan fingerprint density at radius 2 is 2.06 bits per heavy atom. The van der Waals surface area contributed by atoms with E-state index in [2.05, 4.69) is 25.2 Å². The average molecular weight is 248 g/mol. The van der Waals surface area contributed by atoms with Crippen molar-refractivity contribution in [2.75, 3.05) is 7.11 Å². The van der Waals surface area contributed by atoms with E-state index in [-0.39, 0.29) is 0 Å². The predicted octanol–water partition coefficient (Wildman–Crippen LogP) is 2.48. The molecule has 0 bridgehead atoms. The molecule has 0 spiro atoms. The SMILES string of the molecule is COc1ccc(CNC(C)C)c(OC(C)C#N)c1. The summed E-state index contributed by atoms with van der Waals surface area (Å²) in [4.78, 5) is 0. The lowest BCUT2D eigenvalue weighted by molar-refractivity contribution is 0.271. The molecule has 0 heterocycles. The summed E-state index contributed by atoms with van der Waals surface area (Å²) in [6.45, 7) is 6.60. The molecule has 1 atom stereocenters. The zero-order valence-corrected chi connectivity index (χ0v) is 11.4. The molecular weight excluding hydrogens is 228 g/mol. The molecule has 0 saturated heterocycles. The number of nitrogens with one attached hydrogen (secondary N) is 1. The standard InChI is InChI=1S/C14H20N2O2/c1-10(2)16-9-12-5-6-13(17-4)7-14(12)18-11(3)8-15/h5-7,10-11,16H,9H2,1-4H3. The third-order valence-electron chi connectivity index (χ3n) is 2.46. The largest absolute Gasteiger partial charge is 0.497 e. The lowest BCUT2D eigenvalue weighted by atomic mass is 10.1. The number of hydrogen-bond acceptors (Lipinski definition) is 4. The molecule has 1 N–H and O–H groups in total. The Labute approximate surface area is 109 Å². The molecule has 98 valence electrons. The highest BCUT2D eigenvalue weighted by Gasteiger charge is 2.09. The fraction of sp³-hybridized carbons (Fsp3) is 0.500. The van der Waals surface area contributed by atoms with E-state index >= 15 is 0 Å². The highest BCUT2D eigenvalue weighted by molar-refractivity contribution is 5.41. The molecular formula is C14H20N2O2. The van der Waals surface area contributed by atoms with Crippen molar-refractivity contribution in [3.8, 4) is 17.6 Å². The van der Waals surface area contributed by atoms with E-state index in [0.29, 0.717) is 18.3 Å². The molecule has 0 aromatic heterocycles. The van der Waals surface area contributed by atoms with Crippen LogP contribution in [0.25, 0.3) is 0 Å². The van der Waals surface area contributed by atoms with Crippen molar-refractivity contribution in [1.29, 1.82) is 5.26 Å². The average Bonchev–Trinajstić information content (AvgIpc) is 2.36. The second-order valence-electron chi connectivity index (χ2n) is 4.40. The maximum absolute atomic E-state index is 8.81. The van der Waals surface area contributed by atoms with Crippen molar-refractivity contribution in [1.82, 2.24) is 5.32 Å². The molecule has 0 radical (unpaired) electrons. The summed E-state index contributed by atoms with van der Waals surface area (Å²) in [6, 6.07) is 8.11. The fourth-order valence-corrected chi connectivity index (χ4v) is 1.45. The minimum atomic E-state index is -0.477. The lowest BCUT2D eigenvalue weighted by Gasteiger charge is -2.15. The maximum Gasteiger partial charge on any atom is 0.181 e. The smallest absolute Gasteiger partial charge is 0.181 e. The van der Waals surface area contributed by atoms with Gasteiger partial charge in [-0.05, 0) is 13.0 Å². The Morgan fingerprint density at radius 3 is 2.61 bits per heavy atom. The van der Waals surface area contributed by atoms with Crippen LogP contribution in [-0.4, -0.2) is 19.3 Å². The molecule has 0 fully saturated rings. The molecule has 0 saturated carbocycles. The molecule has 0 amide bonds. The monoisotopic (exact) mass is 248 g/mol. The van der Waals surface area contributed by atoms with E-state index in [4.69, 9.17) is 14.7 Å². The van der Waals surface area contributed by atoms with Gasteiger partial charge in [0, 0.05) is 24.2 Å². The number of hydrogen-bond donors (Lipinski definition) is 1. The zero-order chi connectivity index (χ0) is 13.5. The Kier molecular flexibility index (Phi) is 5.47. The van der Waals surface area contributed by atoms with Gasteiger partial charge in [0.15, 0.2) is 6.10 Å². The van der Waals surface area contributed by atoms with Gasteiger partial charge in [-0.3, -0.25) is 0 Å². The number of ether oxygens (including phenoxy) is 2. The normalized spacial score (nSPS) is 12.0. The van der Waals surface area contributed by atoms with E-state index in [1.54, 1.807) is 14.0 Å². The van der Waals surface area contributed by atoms with Crippen LogP contribution in [0, 0.1) is 11.3 Å². The number of nitrogens with zero attached hydrogens (tertiary/aromatic N) is 1. The first-order valence-corrected chi connectivity index (χ1v) is 6.03. The fourth-order valence-electron chi connectivity index (χ4n) is 1.45. The first-order valence-electron chi connectivity index (χ1n) is 6.03. The van der Waals surface area contributed by atoms with Gasteiger partial charge in [0.2, 0.25) is 0 Å². The second kappa shape index (κ2) is 6.87. The molecule has 0 aliphatic carbocycles. The predicted molar refractivity (Wildman–Crippen MR) is 70.7 cm³/mol. The van der Waals surface area contributed by atoms with Crippen LogP contribution in [0.3, 0.4) is 0 Å². The van der Waals surface area contributed by atoms with Gasteiger partial charge in [-0.15, -0.1) is 0 Å². The van der Waals surface area contributed by atoms with Gasteiger partial charge >= 0.3 is 0 Å². The summed E-state index contributed by atoms with van der Waals surface area (Å²) in [5.74, 6) is 1.42. The first-order chi connectivity index (χ1) is 8.56. The van der Waals surface area contributed by atoms with Gasteiger partial charge in [-0.1, -0.05) is 19.9 Å². The quantitative estimate of drug-likeness (QED) is 0.840. The third-order valence-corrected chi connectivity index (χ3v) is 2.46. The molecule has 4 heteroatoms. The van der Waals surface area contributed by atoms with Crippen LogP contribution in [0.1, 0.15) is 26.3 Å². The highest BCUT2D eigenvalue weighted by atomic mass is 16.5. The van der Waals surface area contributed by atoms with Gasteiger partial charge in [-0.2, -0.15) is 5.26 Å². The van der Waals surface area contributed by atoms with Crippen molar-refractivity contribution in [3.63, 3.8) is 0 Å². The Bertz CT molecular complexity index is 424. The molecule has 18 heavy (non-hydrogen) atoms. The summed E-state index contributed by atoms with van der Waals surface area (Å²) in [7, 11) is 1.61. The van der Waals surface area contributed by atoms with Crippen LogP contribution in [0.5, 0.6) is 11.5 Å². The van der Waals surface area contributed by atoms with Gasteiger partial charge in [-0.25, -0.2) is 0 Å². The van der Waals surface area contributed by atoms with Crippen LogP contribution in [0.4, 0.5) is 0 Å². The summed E-state index contributed by atoms with van der Waals surface area (Å²) in [6.07, 6.45) is -0.477. The van der Waals surface area contributed by atoms with Crippen molar-refractivity contribution < 1.29 is 9.47 Å². The second-order valence-corrected chi connectivity index (χ2v) is 4.40. The summed E-state index contributed by atoms with van der Waals surface area (Å²) in [5, 5.41) is 12.1. The lowest BCUT2D eigenvalue weighted by Crippen LogP contribution is -2.22. The first kappa shape index (κ1) is 14.3. The van der Waals surface area contributed by atoms with Gasteiger partial charge in [0.05, 0.1) is 7.11 Å². The van der Waals surface area contributed by atoms with E-state index < -0.39 is 6.10 Å². The van der Waals surface area contributed by atoms with Crippen molar-refractivity contribution in [2.45, 2.75) is 39.5 Å². The van der Waals surface area contributed by atoms with Gasteiger partial charge in [0.25, 0.3) is 0 Å². The van der Waals surface area contributed by atoms with E-state index in [1.165, 1.54) is 0 Å². The Balaban J connectivity index is 2.90. The summed E-state index contributed by atoms with van der Waals surface area (Å²) < 4.78 is 10.8. The number of nitriles is 1. The van der Waals surface area contributed by atoms with E-state index in [0.717, 1.165) is 11.3 Å². The van der Waals surface area contributed by atoms with Crippen LogP contribution in [0.15, 0.2) is 18.2 Å². The Hall–Kier alpha value is -1.73. The highest BCUT2D eigenvalue weighted by Crippen LogP contribution is 2.25. The zero-order valence-electron chi connectivity index (χ0n) is 11.4. The minimum Gasteiger partial charge on any atom is -0.497 e.